The second kappa shape index (κ2) is 4.88. The number of nitriles is 1. The average Bonchev–Trinajstić information content (AvgIpc) is 2.86. The number of aliphatic hydroxyl groups is 1. The van der Waals surface area contributed by atoms with Gasteiger partial charge in [-0.05, 0) is 12.1 Å². The van der Waals surface area contributed by atoms with Gasteiger partial charge in [0.1, 0.15) is 5.65 Å². The normalized spacial score (nSPS) is 19.6. The summed E-state index contributed by atoms with van der Waals surface area (Å²) < 4.78 is 7.19. The Morgan fingerprint density at radius 2 is 2.42 bits per heavy atom. The maximum Gasteiger partial charge on any atom is 0.161 e. The number of hydrogen-bond donors (Lipinski definition) is 1. The molecule has 1 saturated heterocycles. The van der Waals surface area contributed by atoms with E-state index in [9.17, 15) is 5.11 Å². The molecule has 1 aliphatic heterocycles. The Balaban J connectivity index is 2.02. The SMILES string of the molecule is N#CC1CN(c2nc3ccccn3c2CO)CCO1. The van der Waals surface area contributed by atoms with Gasteiger partial charge in [-0.3, -0.25) is 4.40 Å². The van der Waals surface area contributed by atoms with Crippen LogP contribution in [0.5, 0.6) is 0 Å². The van der Waals surface area contributed by atoms with Gasteiger partial charge in [-0.15, -0.1) is 0 Å². The second-order valence-corrected chi connectivity index (χ2v) is 4.40. The van der Waals surface area contributed by atoms with Gasteiger partial charge in [0.25, 0.3) is 0 Å². The number of imidazole rings is 1. The van der Waals surface area contributed by atoms with Gasteiger partial charge in [0, 0.05) is 12.7 Å². The van der Waals surface area contributed by atoms with Crippen molar-refractivity contribution in [1.82, 2.24) is 9.38 Å². The highest BCUT2D eigenvalue weighted by Crippen LogP contribution is 2.23. The Labute approximate surface area is 110 Å². The van der Waals surface area contributed by atoms with E-state index < -0.39 is 6.10 Å². The first-order valence-electron chi connectivity index (χ1n) is 6.16. The molecule has 3 heterocycles. The Morgan fingerprint density at radius 3 is 3.21 bits per heavy atom. The highest BCUT2D eigenvalue weighted by Gasteiger charge is 2.24. The largest absolute Gasteiger partial charge is 0.390 e. The van der Waals surface area contributed by atoms with Crippen LogP contribution in [-0.2, 0) is 11.3 Å². The number of rotatable bonds is 2. The number of hydrogen-bond acceptors (Lipinski definition) is 5. The highest BCUT2D eigenvalue weighted by molar-refractivity contribution is 5.56. The van der Waals surface area contributed by atoms with E-state index in [0.717, 1.165) is 17.2 Å². The first-order valence-corrected chi connectivity index (χ1v) is 6.16. The van der Waals surface area contributed by atoms with E-state index in [1.807, 2.05) is 33.7 Å². The van der Waals surface area contributed by atoms with Crippen molar-refractivity contribution in [2.24, 2.45) is 0 Å². The number of ether oxygens (including phenoxy) is 1. The molecule has 0 amide bonds. The van der Waals surface area contributed by atoms with Gasteiger partial charge in [-0.1, -0.05) is 6.07 Å². The summed E-state index contributed by atoms with van der Waals surface area (Å²) in [7, 11) is 0. The fourth-order valence-corrected chi connectivity index (χ4v) is 2.35. The van der Waals surface area contributed by atoms with Gasteiger partial charge in [-0.2, -0.15) is 5.26 Å². The molecule has 6 nitrogen and oxygen atoms in total. The molecular weight excluding hydrogens is 244 g/mol. The molecule has 98 valence electrons. The number of morpholine rings is 1. The van der Waals surface area contributed by atoms with Crippen LogP contribution in [0.4, 0.5) is 5.82 Å². The molecule has 0 aromatic carbocycles. The third kappa shape index (κ3) is 2.03. The minimum atomic E-state index is -0.440. The Hall–Kier alpha value is -2.10. The van der Waals surface area contributed by atoms with Gasteiger partial charge < -0.3 is 14.7 Å². The van der Waals surface area contributed by atoms with Crippen LogP contribution in [0.2, 0.25) is 0 Å². The molecule has 1 fully saturated rings. The van der Waals surface area contributed by atoms with E-state index in [0.29, 0.717) is 19.7 Å². The van der Waals surface area contributed by atoms with Crippen LogP contribution in [0, 0.1) is 11.3 Å². The van der Waals surface area contributed by atoms with E-state index in [1.54, 1.807) is 0 Å². The van der Waals surface area contributed by atoms with Crippen LogP contribution < -0.4 is 4.90 Å². The van der Waals surface area contributed by atoms with E-state index >= 15 is 0 Å². The van der Waals surface area contributed by atoms with Crippen LogP contribution in [0.25, 0.3) is 5.65 Å². The van der Waals surface area contributed by atoms with E-state index in [1.165, 1.54) is 0 Å². The number of aliphatic hydroxyl groups excluding tert-OH is 1. The average molecular weight is 258 g/mol. The summed E-state index contributed by atoms with van der Waals surface area (Å²) in [5.74, 6) is 0.734. The summed E-state index contributed by atoms with van der Waals surface area (Å²) in [6, 6.07) is 7.81. The molecule has 1 N–H and O–H groups in total. The van der Waals surface area contributed by atoms with Gasteiger partial charge in [-0.25, -0.2) is 4.98 Å². The van der Waals surface area contributed by atoms with Crippen LogP contribution in [-0.4, -0.2) is 40.3 Å². The molecule has 6 heteroatoms. The molecule has 0 aliphatic carbocycles. The maximum absolute atomic E-state index is 9.58. The molecule has 0 radical (unpaired) electrons. The van der Waals surface area contributed by atoms with Crippen molar-refractivity contribution >= 4 is 11.5 Å². The summed E-state index contributed by atoms with van der Waals surface area (Å²) in [6.45, 7) is 1.56. The van der Waals surface area contributed by atoms with Crippen molar-refractivity contribution < 1.29 is 9.84 Å². The monoisotopic (exact) mass is 258 g/mol. The fourth-order valence-electron chi connectivity index (χ4n) is 2.35. The van der Waals surface area contributed by atoms with Crippen LogP contribution in [0.3, 0.4) is 0 Å². The minimum absolute atomic E-state index is 0.0882. The summed E-state index contributed by atoms with van der Waals surface area (Å²) >= 11 is 0. The number of aromatic nitrogens is 2. The maximum atomic E-state index is 9.58. The van der Waals surface area contributed by atoms with Crippen LogP contribution in [0.15, 0.2) is 24.4 Å². The molecule has 2 aromatic rings. The van der Waals surface area contributed by atoms with Gasteiger partial charge in [0.05, 0.1) is 31.5 Å². The van der Waals surface area contributed by atoms with Crippen molar-refractivity contribution in [3.63, 3.8) is 0 Å². The zero-order chi connectivity index (χ0) is 13.2. The summed E-state index contributed by atoms with van der Waals surface area (Å²) in [6.07, 6.45) is 1.43. The highest BCUT2D eigenvalue weighted by atomic mass is 16.5. The quantitative estimate of drug-likeness (QED) is 0.851. The van der Waals surface area contributed by atoms with Gasteiger partial charge in [0.2, 0.25) is 0 Å². The molecule has 19 heavy (non-hydrogen) atoms. The third-order valence-electron chi connectivity index (χ3n) is 3.27. The number of pyridine rings is 1. The van der Waals surface area contributed by atoms with Crippen molar-refractivity contribution in [1.29, 1.82) is 5.26 Å². The van der Waals surface area contributed by atoms with Crippen LogP contribution in [0.1, 0.15) is 5.69 Å². The lowest BCUT2D eigenvalue weighted by atomic mass is 10.3. The van der Waals surface area contributed by atoms with Crippen molar-refractivity contribution in [2.75, 3.05) is 24.6 Å². The number of anilines is 1. The molecule has 1 unspecified atom stereocenters. The molecule has 3 rings (SSSR count). The second-order valence-electron chi connectivity index (χ2n) is 4.40. The van der Waals surface area contributed by atoms with E-state index in [4.69, 9.17) is 10.00 Å². The number of nitrogens with zero attached hydrogens (tertiary/aromatic N) is 4. The lowest BCUT2D eigenvalue weighted by molar-refractivity contribution is 0.0760. The van der Waals surface area contributed by atoms with Crippen molar-refractivity contribution in [3.8, 4) is 6.07 Å². The molecule has 0 bridgehead atoms. The molecule has 2 aromatic heterocycles. The number of fused-ring (bicyclic) bond motifs is 1. The molecule has 1 atom stereocenters. The van der Waals surface area contributed by atoms with Gasteiger partial charge >= 0.3 is 0 Å². The zero-order valence-electron chi connectivity index (χ0n) is 10.4. The predicted molar refractivity (Wildman–Crippen MR) is 68.7 cm³/mol. The zero-order valence-corrected chi connectivity index (χ0v) is 10.4. The van der Waals surface area contributed by atoms with Gasteiger partial charge in [0.15, 0.2) is 11.9 Å². The molecule has 0 spiro atoms. The topological polar surface area (TPSA) is 73.8 Å². The lowest BCUT2D eigenvalue weighted by Gasteiger charge is -2.30. The summed E-state index contributed by atoms with van der Waals surface area (Å²) in [5, 5.41) is 18.5. The first kappa shape index (κ1) is 12.0. The molecular formula is C13H14N4O2. The smallest absolute Gasteiger partial charge is 0.161 e. The molecule has 1 aliphatic rings. The van der Waals surface area contributed by atoms with E-state index in [-0.39, 0.29) is 6.61 Å². The first-order chi connectivity index (χ1) is 9.33. The molecule has 0 saturated carbocycles. The van der Waals surface area contributed by atoms with E-state index in [2.05, 4.69) is 11.1 Å². The lowest BCUT2D eigenvalue weighted by Crippen LogP contribution is -2.42. The summed E-state index contributed by atoms with van der Waals surface area (Å²) in [4.78, 5) is 6.54. The fraction of sp³-hybridized carbons (Fsp3) is 0.385. The Bertz CT molecular complexity index is 631. The Kier molecular flexibility index (Phi) is 3.07. The summed E-state index contributed by atoms with van der Waals surface area (Å²) in [5.41, 5.74) is 1.54. The van der Waals surface area contributed by atoms with Crippen molar-refractivity contribution in [2.45, 2.75) is 12.7 Å². The Morgan fingerprint density at radius 1 is 1.53 bits per heavy atom. The van der Waals surface area contributed by atoms with Crippen molar-refractivity contribution in [3.05, 3.63) is 30.1 Å². The predicted octanol–water partition coefficient (Wildman–Crippen LogP) is 0.555. The van der Waals surface area contributed by atoms with Crippen LogP contribution >= 0.6 is 0 Å². The standard InChI is InChI=1S/C13H14N4O2/c14-7-10-8-16(5-6-19-10)13-11(9-18)17-4-2-1-3-12(17)15-13/h1-4,10,18H,5-6,8-9H2. The minimum Gasteiger partial charge on any atom is -0.390 e. The third-order valence-corrected chi connectivity index (χ3v) is 3.27.